The Balaban J connectivity index is 1.80. The molecule has 7 nitrogen and oxygen atoms in total. The molecule has 0 saturated heterocycles. The first-order chi connectivity index (χ1) is 51.9. The highest BCUT2D eigenvalue weighted by atomic mass is 19.5. The molecular weight excluding hydrogens is 1790 g/mol. The maximum atomic E-state index is 14.9. The molecule has 1 aromatic heterocycles. The Morgan fingerprint density at radius 1 is 0.265 bits per heavy atom. The Morgan fingerprint density at radius 2 is 0.504 bits per heavy atom. The zero-order valence-electron chi connectivity index (χ0n) is 55.8. The van der Waals surface area contributed by atoms with Gasteiger partial charge in [-0.05, 0) is 62.8 Å². The Labute approximate surface area is 614 Å². The predicted octanol–water partition coefficient (Wildman–Crippen LogP) is 24.3. The van der Waals surface area contributed by atoms with Crippen molar-refractivity contribution in [1.82, 2.24) is 4.57 Å². The van der Waals surface area contributed by atoms with Crippen molar-refractivity contribution in [3.8, 4) is 17.2 Å². The van der Waals surface area contributed by atoms with Crippen LogP contribution in [0.3, 0.4) is 0 Å². The van der Waals surface area contributed by atoms with E-state index in [9.17, 15) is 229 Å². The van der Waals surface area contributed by atoms with Crippen molar-refractivity contribution >= 4 is 27.8 Å². The lowest BCUT2D eigenvalue weighted by atomic mass is 9.88. The zero-order chi connectivity index (χ0) is 91.7. The minimum Gasteiger partial charge on any atom is -0.490 e. The van der Waals surface area contributed by atoms with Crippen LogP contribution in [0, 0.1) is 0 Å². The van der Waals surface area contributed by atoms with E-state index >= 15 is 0 Å². The number of esters is 1. The number of carbonyl (C=O) groups is 1. The number of fused-ring (bicyclic) bond motifs is 3. The van der Waals surface area contributed by atoms with Crippen LogP contribution < -0.4 is 14.2 Å². The lowest BCUT2D eigenvalue weighted by Crippen LogP contribution is -2.74. The molecule has 58 heteroatoms. The molecule has 0 N–H and O–H groups in total. The van der Waals surface area contributed by atoms with Gasteiger partial charge in [0.1, 0.15) is 6.61 Å². The summed E-state index contributed by atoms with van der Waals surface area (Å²) in [6, 6.07) is 13.2. The standard InChI is InChI=1S/C59H42F51NO6/c60-36(61,39(66,67)42(72,73)45(78,79)48(84,85)51(90,91)54(96,97)57(102,103)104)15-5-8-19-114-32-25-27(35(112)117-24-23-113-22-18-111-30-13-3-1-11-28(30)29-12-2-4-14-31(29)111)26-33(115-20-9-6-16-37(62,63)40(68,69)43(74,75)46(80,81)49(86,87)52(92,93)55(98,99)58(105,106)107)34(32)116-21-10-7-17-38(64,65)41(70,71)44(76,77)47(82,83)50(88,89)53(94,95)56(100,101)59(108,109)110/h1-4,11-14,25-26H,5-10,15-24H2. The van der Waals surface area contributed by atoms with Gasteiger partial charge in [-0.15, -0.1) is 0 Å². The fraction of sp³-hybridized carbons (Fsp3) is 0.678. The molecule has 3 aromatic carbocycles. The molecule has 676 valence electrons. The number of benzene rings is 3. The van der Waals surface area contributed by atoms with Crippen LogP contribution in [0.4, 0.5) is 224 Å². The van der Waals surface area contributed by atoms with E-state index in [4.69, 9.17) is 23.7 Å². The number of carbonyl (C=O) groups excluding carboxylic acids is 1. The van der Waals surface area contributed by atoms with E-state index in [2.05, 4.69) is 0 Å². The van der Waals surface area contributed by atoms with Gasteiger partial charge in [0.2, 0.25) is 5.75 Å². The molecule has 1 heterocycles. The largest absolute Gasteiger partial charge is 0.490 e. The highest BCUT2D eigenvalue weighted by Gasteiger charge is 2.99. The van der Waals surface area contributed by atoms with E-state index in [0.717, 1.165) is 0 Å². The predicted molar refractivity (Wildman–Crippen MR) is 287 cm³/mol. The third kappa shape index (κ3) is 16.8. The van der Waals surface area contributed by atoms with Gasteiger partial charge in [0.05, 0.1) is 38.6 Å². The number of para-hydroxylation sites is 2. The topological polar surface area (TPSA) is 68.2 Å². The number of unbranched alkanes of at least 4 members (excludes halogenated alkanes) is 3. The Bertz CT molecular complexity index is 3850. The summed E-state index contributed by atoms with van der Waals surface area (Å²) in [6.07, 6.45) is -46.3. The van der Waals surface area contributed by atoms with Crippen LogP contribution in [-0.2, 0) is 16.0 Å². The van der Waals surface area contributed by atoms with Crippen molar-refractivity contribution in [2.45, 2.75) is 207 Å². The van der Waals surface area contributed by atoms with E-state index in [1.54, 1.807) is 53.1 Å². The molecule has 0 atom stereocenters. The van der Waals surface area contributed by atoms with E-state index < -0.39 is 263 Å². The summed E-state index contributed by atoms with van der Waals surface area (Å²) in [6.45, 7) is -7.70. The average molecular weight is 1830 g/mol. The van der Waals surface area contributed by atoms with Crippen LogP contribution in [0.15, 0.2) is 60.7 Å². The molecule has 0 aliphatic rings. The molecule has 0 aliphatic heterocycles. The zero-order valence-corrected chi connectivity index (χ0v) is 55.8. The second kappa shape index (κ2) is 32.3. The molecule has 0 saturated carbocycles. The first kappa shape index (κ1) is 102. The van der Waals surface area contributed by atoms with Crippen LogP contribution in [0.25, 0.3) is 21.8 Å². The summed E-state index contributed by atoms with van der Waals surface area (Å²) in [5, 5.41) is 1.37. The second-order valence-electron chi connectivity index (χ2n) is 24.6. The number of rotatable bonds is 43. The van der Waals surface area contributed by atoms with E-state index in [1.165, 1.54) is 0 Å². The minimum absolute atomic E-state index is 0.0421. The quantitative estimate of drug-likeness (QED) is 0.0250. The molecule has 0 spiro atoms. The Morgan fingerprint density at radius 3 is 0.769 bits per heavy atom. The van der Waals surface area contributed by atoms with Crippen LogP contribution in [0.2, 0.25) is 0 Å². The van der Waals surface area contributed by atoms with Crippen LogP contribution in [0.5, 0.6) is 17.2 Å². The molecule has 4 aromatic rings. The molecule has 0 unspecified atom stereocenters. The van der Waals surface area contributed by atoms with Crippen molar-refractivity contribution in [3.63, 3.8) is 0 Å². The average Bonchev–Trinajstić information content (AvgIpc) is 1.70. The van der Waals surface area contributed by atoms with Gasteiger partial charge >= 0.3 is 149 Å². The van der Waals surface area contributed by atoms with E-state index in [1.807, 2.05) is 0 Å². The number of alkyl halides is 51. The summed E-state index contributed by atoms with van der Waals surface area (Å²) in [7, 11) is 0. The first-order valence-electron chi connectivity index (χ1n) is 30.8. The molecular formula is C59H42F51NO6. The van der Waals surface area contributed by atoms with Crippen LogP contribution in [-0.4, -0.2) is 193 Å². The third-order valence-corrected chi connectivity index (χ3v) is 16.6. The number of aromatic nitrogens is 1. The van der Waals surface area contributed by atoms with Crippen molar-refractivity contribution in [1.29, 1.82) is 0 Å². The van der Waals surface area contributed by atoms with Gasteiger partial charge in [0, 0.05) is 47.6 Å². The van der Waals surface area contributed by atoms with Gasteiger partial charge in [0.15, 0.2) is 11.5 Å². The highest BCUT2D eigenvalue weighted by molar-refractivity contribution is 6.08. The highest BCUT2D eigenvalue weighted by Crippen LogP contribution is 2.69. The summed E-state index contributed by atoms with van der Waals surface area (Å²) in [5.74, 6) is -188. The van der Waals surface area contributed by atoms with Gasteiger partial charge in [-0.25, -0.2) is 4.79 Å². The number of nitrogens with zero attached hydrogens (tertiary/aromatic N) is 1. The monoisotopic (exact) mass is 1830 g/mol. The van der Waals surface area contributed by atoms with Gasteiger partial charge in [-0.3, -0.25) is 0 Å². The number of halogens is 51. The Kier molecular flexibility index (Phi) is 28.2. The lowest BCUT2D eigenvalue weighted by Gasteiger charge is -2.42. The van der Waals surface area contributed by atoms with Crippen molar-refractivity contribution in [2.24, 2.45) is 0 Å². The van der Waals surface area contributed by atoms with Crippen molar-refractivity contribution in [2.75, 3.05) is 39.6 Å². The summed E-state index contributed by atoms with van der Waals surface area (Å²) < 4.78 is 737. The molecule has 0 bridgehead atoms. The molecule has 0 amide bonds. The maximum absolute atomic E-state index is 14.9. The number of hydrogen-bond donors (Lipinski definition) is 0. The number of hydrogen-bond acceptors (Lipinski definition) is 6. The van der Waals surface area contributed by atoms with E-state index in [-0.39, 0.29) is 25.3 Å². The number of ether oxygens (including phenoxy) is 5. The molecule has 0 aliphatic carbocycles. The second-order valence-corrected chi connectivity index (χ2v) is 24.6. The molecule has 117 heavy (non-hydrogen) atoms. The smallest absolute Gasteiger partial charge is 0.460 e. The van der Waals surface area contributed by atoms with Gasteiger partial charge in [-0.1, -0.05) is 36.4 Å². The van der Waals surface area contributed by atoms with Crippen LogP contribution >= 0.6 is 0 Å². The van der Waals surface area contributed by atoms with Gasteiger partial charge in [0.25, 0.3) is 0 Å². The Hall–Kier alpha value is -7.28. The fourth-order valence-corrected chi connectivity index (χ4v) is 9.78. The SMILES string of the molecule is O=C(OCCOCCn1c2ccccc2c2ccccc21)c1cc(OCCCCC(F)(F)C(F)(F)C(F)(F)C(F)(F)C(F)(F)C(F)(F)C(F)(F)C(F)(F)F)c(OCCCCC(F)(F)C(F)(F)C(F)(F)C(F)(F)C(F)(F)C(F)(F)C(F)(F)C(F)(F)F)c(OCCCCC(F)(F)C(F)(F)C(F)(F)C(F)(F)C(F)(F)C(F)(F)C(F)(F)C(F)(F)F)c1. The van der Waals surface area contributed by atoms with Crippen LogP contribution in [0.1, 0.15) is 68.1 Å². The lowest BCUT2D eigenvalue weighted by molar-refractivity contribution is -0.461. The third-order valence-electron chi connectivity index (χ3n) is 16.6. The maximum Gasteiger partial charge on any atom is 0.460 e. The normalized spacial score (nSPS) is 15.4. The minimum atomic E-state index is -9.15. The molecule has 4 rings (SSSR count). The fourth-order valence-electron chi connectivity index (χ4n) is 9.78. The van der Waals surface area contributed by atoms with Gasteiger partial charge in [-0.2, -0.15) is 224 Å². The molecule has 0 fully saturated rings. The van der Waals surface area contributed by atoms with Crippen molar-refractivity contribution < 1.29 is 252 Å². The summed E-state index contributed by atoms with van der Waals surface area (Å²) in [4.78, 5) is 13.5. The van der Waals surface area contributed by atoms with E-state index in [0.29, 0.717) is 21.8 Å². The summed E-state index contributed by atoms with van der Waals surface area (Å²) in [5.41, 5.74) is -0.172. The first-order valence-corrected chi connectivity index (χ1v) is 30.8. The van der Waals surface area contributed by atoms with Crippen molar-refractivity contribution in [3.05, 3.63) is 66.2 Å². The van der Waals surface area contributed by atoms with Gasteiger partial charge < -0.3 is 28.3 Å². The summed E-state index contributed by atoms with van der Waals surface area (Å²) >= 11 is 0. The molecule has 0 radical (unpaired) electrons.